The van der Waals surface area contributed by atoms with Gasteiger partial charge in [0, 0.05) is 38.6 Å². The van der Waals surface area contributed by atoms with Gasteiger partial charge >= 0.3 is 0 Å². The van der Waals surface area contributed by atoms with E-state index in [1.807, 2.05) is 6.07 Å². The van der Waals surface area contributed by atoms with Crippen LogP contribution >= 0.6 is 0 Å². The van der Waals surface area contributed by atoms with Gasteiger partial charge in [-0.1, -0.05) is 48.9 Å². The zero-order chi connectivity index (χ0) is 16.4. The molecule has 24 heavy (non-hydrogen) atoms. The summed E-state index contributed by atoms with van der Waals surface area (Å²) in [6.07, 6.45) is 9.58. The molecule has 1 heterocycles. The first kappa shape index (κ1) is 15.9. The summed E-state index contributed by atoms with van der Waals surface area (Å²) in [4.78, 5) is 17.4. The minimum atomic E-state index is 0.355. The highest BCUT2D eigenvalue weighted by Crippen LogP contribution is 2.48. The number of amides is 1. The molecule has 0 N–H and O–H groups in total. The molecule has 1 aromatic rings. The van der Waals surface area contributed by atoms with Crippen LogP contribution in [0.25, 0.3) is 6.08 Å². The van der Waals surface area contributed by atoms with Gasteiger partial charge in [-0.3, -0.25) is 9.69 Å². The second-order valence-corrected chi connectivity index (χ2v) is 7.72. The van der Waals surface area contributed by atoms with Gasteiger partial charge in [-0.2, -0.15) is 0 Å². The van der Waals surface area contributed by atoms with E-state index in [0.717, 1.165) is 38.6 Å². The molecule has 128 valence electrons. The quantitative estimate of drug-likeness (QED) is 0.848. The molecule has 1 aromatic carbocycles. The minimum Gasteiger partial charge on any atom is -0.340 e. The summed E-state index contributed by atoms with van der Waals surface area (Å²) in [6.45, 7) is 4.81. The van der Waals surface area contributed by atoms with Gasteiger partial charge in [0.1, 0.15) is 0 Å². The van der Waals surface area contributed by atoms with Gasteiger partial charge in [-0.05, 0) is 36.7 Å². The van der Waals surface area contributed by atoms with Crippen LogP contribution in [-0.2, 0) is 4.79 Å². The number of hydrogen-bond acceptors (Lipinski definition) is 2. The van der Waals surface area contributed by atoms with Crippen molar-refractivity contribution in [1.82, 2.24) is 9.80 Å². The molecule has 2 saturated carbocycles. The normalized spacial score (nSPS) is 30.3. The molecular weight excluding hydrogens is 296 g/mol. The van der Waals surface area contributed by atoms with Gasteiger partial charge in [-0.15, -0.1) is 0 Å². The van der Waals surface area contributed by atoms with Crippen molar-refractivity contribution in [3.8, 4) is 0 Å². The summed E-state index contributed by atoms with van der Waals surface area (Å²) >= 11 is 0. The Kier molecular flexibility index (Phi) is 4.70. The molecule has 2 bridgehead atoms. The fraction of sp³-hybridized carbons (Fsp3) is 0.571. The Morgan fingerprint density at radius 3 is 2.50 bits per heavy atom. The molecule has 3 nitrogen and oxygen atoms in total. The van der Waals surface area contributed by atoms with Crippen molar-refractivity contribution in [1.29, 1.82) is 0 Å². The lowest BCUT2D eigenvalue weighted by molar-refractivity contribution is -0.138. The molecule has 4 rings (SSSR count). The molecule has 3 atom stereocenters. The van der Waals surface area contributed by atoms with Crippen molar-refractivity contribution >= 4 is 12.0 Å². The first-order valence-electron chi connectivity index (χ1n) is 9.52. The maximum Gasteiger partial charge on any atom is 0.226 e. The molecule has 0 aromatic heterocycles. The van der Waals surface area contributed by atoms with E-state index >= 15 is 0 Å². The number of carbonyl (C=O) groups excluding carboxylic acids is 1. The highest BCUT2D eigenvalue weighted by molar-refractivity contribution is 5.79. The Morgan fingerprint density at radius 2 is 1.83 bits per heavy atom. The maximum atomic E-state index is 12.8. The predicted molar refractivity (Wildman–Crippen MR) is 97.4 cm³/mol. The Bertz CT molecular complexity index is 589. The van der Waals surface area contributed by atoms with Crippen LogP contribution in [0.4, 0.5) is 0 Å². The van der Waals surface area contributed by atoms with Crippen molar-refractivity contribution in [2.24, 2.45) is 17.8 Å². The molecule has 1 saturated heterocycles. The van der Waals surface area contributed by atoms with Gasteiger partial charge in [-0.25, -0.2) is 0 Å². The third-order valence-corrected chi connectivity index (χ3v) is 6.21. The van der Waals surface area contributed by atoms with E-state index in [9.17, 15) is 4.79 Å². The number of hydrogen-bond donors (Lipinski definition) is 0. The summed E-state index contributed by atoms with van der Waals surface area (Å²) in [5, 5.41) is 0. The second kappa shape index (κ2) is 7.10. The van der Waals surface area contributed by atoms with Gasteiger partial charge in [0.2, 0.25) is 5.91 Å². The lowest BCUT2D eigenvalue weighted by Crippen LogP contribution is -2.50. The number of fused-ring (bicyclic) bond motifs is 2. The fourth-order valence-electron chi connectivity index (χ4n) is 4.83. The van der Waals surface area contributed by atoms with Crippen LogP contribution < -0.4 is 0 Å². The molecule has 0 spiro atoms. The summed E-state index contributed by atoms with van der Waals surface area (Å²) in [5.41, 5.74) is 1.25. The average molecular weight is 324 g/mol. The van der Waals surface area contributed by atoms with Gasteiger partial charge in [0.15, 0.2) is 0 Å². The van der Waals surface area contributed by atoms with Gasteiger partial charge < -0.3 is 4.90 Å². The first-order chi connectivity index (χ1) is 11.8. The molecule has 3 unspecified atom stereocenters. The van der Waals surface area contributed by atoms with E-state index < -0.39 is 0 Å². The zero-order valence-electron chi connectivity index (χ0n) is 14.4. The summed E-state index contributed by atoms with van der Waals surface area (Å²) < 4.78 is 0. The highest BCUT2D eigenvalue weighted by atomic mass is 16.2. The van der Waals surface area contributed by atoms with Crippen LogP contribution in [0.15, 0.2) is 36.4 Å². The highest BCUT2D eigenvalue weighted by Gasteiger charge is 2.44. The molecular formula is C21H28N2O. The number of nitrogens with zero attached hydrogens (tertiary/aromatic N) is 2. The average Bonchev–Trinajstić information content (AvgIpc) is 3.26. The Labute approximate surface area is 145 Å². The predicted octanol–water partition coefficient (Wildman–Crippen LogP) is 3.28. The first-order valence-corrected chi connectivity index (χ1v) is 9.52. The van der Waals surface area contributed by atoms with Gasteiger partial charge in [0.25, 0.3) is 0 Å². The van der Waals surface area contributed by atoms with Crippen LogP contribution in [0, 0.1) is 17.8 Å². The van der Waals surface area contributed by atoms with Crippen molar-refractivity contribution < 1.29 is 4.79 Å². The van der Waals surface area contributed by atoms with Crippen molar-refractivity contribution in [2.75, 3.05) is 32.7 Å². The topological polar surface area (TPSA) is 23.6 Å². The number of carbonyl (C=O) groups is 1. The van der Waals surface area contributed by atoms with E-state index in [4.69, 9.17) is 0 Å². The minimum absolute atomic E-state index is 0.355. The van der Waals surface area contributed by atoms with E-state index in [2.05, 4.69) is 46.2 Å². The molecule has 1 amide bonds. The monoisotopic (exact) mass is 324 g/mol. The lowest BCUT2D eigenvalue weighted by atomic mass is 9.87. The van der Waals surface area contributed by atoms with E-state index in [0.29, 0.717) is 17.7 Å². The number of piperazine rings is 1. The summed E-state index contributed by atoms with van der Waals surface area (Å²) in [6, 6.07) is 10.4. The van der Waals surface area contributed by atoms with Crippen LogP contribution in [0.3, 0.4) is 0 Å². The second-order valence-electron chi connectivity index (χ2n) is 7.72. The Balaban J connectivity index is 1.23. The number of benzene rings is 1. The largest absolute Gasteiger partial charge is 0.340 e. The number of rotatable bonds is 4. The maximum absolute atomic E-state index is 12.8. The van der Waals surface area contributed by atoms with Crippen molar-refractivity contribution in [2.45, 2.75) is 25.7 Å². The SMILES string of the molecule is O=C(C1CC2CCC1C2)N1CCN(C/C=C/c2ccccc2)CC1. The van der Waals surface area contributed by atoms with Crippen LogP contribution in [0.5, 0.6) is 0 Å². The fourth-order valence-corrected chi connectivity index (χ4v) is 4.83. The molecule has 3 heteroatoms. The summed E-state index contributed by atoms with van der Waals surface area (Å²) in [7, 11) is 0. The Hall–Kier alpha value is -1.61. The van der Waals surface area contributed by atoms with Crippen LogP contribution in [-0.4, -0.2) is 48.4 Å². The third kappa shape index (κ3) is 3.41. The molecule has 0 radical (unpaired) electrons. The molecule has 3 aliphatic rings. The molecule has 2 aliphatic carbocycles. The molecule has 1 aliphatic heterocycles. The lowest BCUT2D eigenvalue weighted by Gasteiger charge is -2.36. The van der Waals surface area contributed by atoms with Crippen molar-refractivity contribution in [3.05, 3.63) is 42.0 Å². The van der Waals surface area contributed by atoms with E-state index in [1.54, 1.807) is 0 Å². The van der Waals surface area contributed by atoms with E-state index in [1.165, 1.54) is 31.2 Å². The smallest absolute Gasteiger partial charge is 0.226 e. The van der Waals surface area contributed by atoms with Gasteiger partial charge in [0.05, 0.1) is 0 Å². The standard InChI is InChI=1S/C21H28N2O/c24-21(20-16-18-8-9-19(20)15-18)23-13-11-22(12-14-23)10-4-7-17-5-2-1-3-6-17/h1-7,18-20H,8-16H2/b7-4+. The third-order valence-electron chi connectivity index (χ3n) is 6.21. The Morgan fingerprint density at radius 1 is 1.04 bits per heavy atom. The zero-order valence-corrected chi connectivity index (χ0v) is 14.4. The van der Waals surface area contributed by atoms with Crippen molar-refractivity contribution in [3.63, 3.8) is 0 Å². The molecule has 3 fully saturated rings. The summed E-state index contributed by atoms with van der Waals surface area (Å²) in [5.74, 6) is 2.37. The van der Waals surface area contributed by atoms with Crippen LogP contribution in [0.2, 0.25) is 0 Å². The van der Waals surface area contributed by atoms with Crippen LogP contribution in [0.1, 0.15) is 31.2 Å². The van der Waals surface area contributed by atoms with E-state index in [-0.39, 0.29) is 0 Å².